The Labute approximate surface area is 173 Å². The molecule has 1 aromatic carbocycles. The van der Waals surface area contributed by atoms with Crippen molar-refractivity contribution < 1.29 is 4.79 Å². The topological polar surface area (TPSA) is 45.2 Å². The lowest BCUT2D eigenvalue weighted by atomic mass is 9.78. The lowest BCUT2D eigenvalue weighted by Crippen LogP contribution is -2.44. The summed E-state index contributed by atoms with van der Waals surface area (Å²) in [6.45, 7) is 3.83. The van der Waals surface area contributed by atoms with Crippen LogP contribution in [0.4, 0.5) is 0 Å². The van der Waals surface area contributed by atoms with Gasteiger partial charge < -0.3 is 10.2 Å². The fourth-order valence-corrected chi connectivity index (χ4v) is 4.79. The number of benzene rings is 1. The number of likely N-dealkylation sites (tertiary alicyclic amines) is 1. The van der Waals surface area contributed by atoms with Crippen molar-refractivity contribution in [2.45, 2.75) is 19.3 Å². The molecule has 1 aromatic heterocycles. The Kier molecular flexibility index (Phi) is 6.14. The fraction of sp³-hybridized carbons (Fsp3) is 0.444. The predicted octanol–water partition coefficient (Wildman–Crippen LogP) is 4.75. The van der Waals surface area contributed by atoms with E-state index in [1.807, 2.05) is 16.3 Å². The van der Waals surface area contributed by atoms with E-state index in [9.17, 15) is 4.79 Å². The standard InChI is InChI=1S/C18H19Cl2N3OS.ClH/c19-13-2-1-12(9-14(13)20)16-22-15(10-25-16)17(24)23-7-4-18(5-8-23)3-6-21-11-18;/h1-2,9-10,21H,3-8,11H2;1H. The minimum atomic E-state index is 0. The van der Waals surface area contributed by atoms with E-state index in [1.54, 1.807) is 12.1 Å². The number of amides is 1. The first kappa shape index (κ1) is 19.9. The molecule has 1 amide bonds. The molecule has 4 rings (SSSR count). The zero-order valence-corrected chi connectivity index (χ0v) is 17.3. The summed E-state index contributed by atoms with van der Waals surface area (Å²) in [5, 5.41) is 7.09. The zero-order chi connectivity index (χ0) is 17.4. The molecule has 1 spiro atoms. The molecule has 0 unspecified atom stereocenters. The smallest absolute Gasteiger partial charge is 0.273 e. The van der Waals surface area contributed by atoms with Gasteiger partial charge in [-0.05, 0) is 43.4 Å². The largest absolute Gasteiger partial charge is 0.337 e. The normalized spacial score (nSPS) is 18.8. The highest BCUT2D eigenvalue weighted by Gasteiger charge is 2.38. The van der Waals surface area contributed by atoms with Gasteiger partial charge in [0.05, 0.1) is 10.0 Å². The van der Waals surface area contributed by atoms with Gasteiger partial charge in [-0.1, -0.05) is 29.3 Å². The lowest BCUT2D eigenvalue weighted by molar-refractivity contribution is 0.0603. The quantitative estimate of drug-likeness (QED) is 0.744. The molecular weight excluding hydrogens is 413 g/mol. The van der Waals surface area contributed by atoms with Crippen molar-refractivity contribution in [2.75, 3.05) is 26.2 Å². The Morgan fingerprint density at radius 3 is 2.62 bits per heavy atom. The van der Waals surface area contributed by atoms with E-state index in [0.717, 1.165) is 49.6 Å². The number of nitrogens with one attached hydrogen (secondary N) is 1. The van der Waals surface area contributed by atoms with Gasteiger partial charge in [0, 0.05) is 30.6 Å². The van der Waals surface area contributed by atoms with E-state index < -0.39 is 0 Å². The second-order valence-electron chi connectivity index (χ2n) is 6.89. The molecule has 0 aliphatic carbocycles. The molecule has 2 aromatic rings. The van der Waals surface area contributed by atoms with Crippen LogP contribution in [-0.4, -0.2) is 42.0 Å². The fourth-order valence-electron chi connectivity index (χ4n) is 3.70. The highest BCUT2D eigenvalue weighted by atomic mass is 35.5. The third-order valence-corrected chi connectivity index (χ3v) is 6.96. The number of thiazole rings is 1. The van der Waals surface area contributed by atoms with Crippen molar-refractivity contribution >= 4 is 52.9 Å². The molecule has 2 aliphatic heterocycles. The second-order valence-corrected chi connectivity index (χ2v) is 8.56. The molecular formula is C18H20Cl3N3OS. The van der Waals surface area contributed by atoms with E-state index in [1.165, 1.54) is 17.8 Å². The van der Waals surface area contributed by atoms with Crippen molar-refractivity contribution in [3.63, 3.8) is 0 Å². The maximum atomic E-state index is 12.8. The summed E-state index contributed by atoms with van der Waals surface area (Å²) < 4.78 is 0. The monoisotopic (exact) mass is 431 g/mol. The Bertz CT molecular complexity index is 795. The number of rotatable bonds is 2. The molecule has 4 nitrogen and oxygen atoms in total. The molecule has 0 bridgehead atoms. The van der Waals surface area contributed by atoms with Crippen LogP contribution >= 0.6 is 46.9 Å². The lowest BCUT2D eigenvalue weighted by Gasteiger charge is -2.38. The van der Waals surface area contributed by atoms with Gasteiger partial charge in [0.1, 0.15) is 10.7 Å². The summed E-state index contributed by atoms with van der Waals surface area (Å²) in [6, 6.07) is 5.41. The molecule has 2 aliphatic rings. The number of carbonyl (C=O) groups is 1. The van der Waals surface area contributed by atoms with Gasteiger partial charge >= 0.3 is 0 Å². The van der Waals surface area contributed by atoms with Crippen LogP contribution in [0.2, 0.25) is 10.0 Å². The van der Waals surface area contributed by atoms with E-state index >= 15 is 0 Å². The minimum absolute atomic E-state index is 0. The molecule has 0 saturated carbocycles. The van der Waals surface area contributed by atoms with E-state index in [-0.39, 0.29) is 18.3 Å². The van der Waals surface area contributed by atoms with Gasteiger partial charge in [-0.25, -0.2) is 4.98 Å². The third-order valence-electron chi connectivity index (χ3n) is 5.33. The molecule has 1 N–H and O–H groups in total. The number of hydrogen-bond acceptors (Lipinski definition) is 4. The number of piperidine rings is 1. The molecule has 0 atom stereocenters. The molecule has 140 valence electrons. The summed E-state index contributed by atoms with van der Waals surface area (Å²) in [6.07, 6.45) is 3.39. The van der Waals surface area contributed by atoms with Crippen LogP contribution in [0.5, 0.6) is 0 Å². The van der Waals surface area contributed by atoms with Crippen LogP contribution in [0, 0.1) is 5.41 Å². The first-order chi connectivity index (χ1) is 12.1. The Morgan fingerprint density at radius 2 is 1.96 bits per heavy atom. The summed E-state index contributed by atoms with van der Waals surface area (Å²) in [7, 11) is 0. The number of carbonyl (C=O) groups excluding carboxylic acids is 1. The molecule has 26 heavy (non-hydrogen) atoms. The Hall–Kier alpha value is -0.850. The summed E-state index contributed by atoms with van der Waals surface area (Å²) in [5.41, 5.74) is 1.81. The summed E-state index contributed by atoms with van der Waals surface area (Å²) in [4.78, 5) is 19.2. The molecule has 2 fully saturated rings. The number of nitrogens with zero attached hydrogens (tertiary/aromatic N) is 2. The van der Waals surface area contributed by atoms with E-state index in [2.05, 4.69) is 10.3 Å². The molecule has 0 radical (unpaired) electrons. The number of hydrogen-bond donors (Lipinski definition) is 1. The number of aromatic nitrogens is 1. The van der Waals surface area contributed by atoms with Crippen LogP contribution in [0.25, 0.3) is 10.6 Å². The molecule has 8 heteroatoms. The van der Waals surface area contributed by atoms with Gasteiger partial charge in [0.25, 0.3) is 5.91 Å². The van der Waals surface area contributed by atoms with Crippen LogP contribution in [-0.2, 0) is 0 Å². The summed E-state index contributed by atoms with van der Waals surface area (Å²) >= 11 is 13.5. The first-order valence-corrected chi connectivity index (χ1v) is 10.1. The highest BCUT2D eigenvalue weighted by molar-refractivity contribution is 7.13. The van der Waals surface area contributed by atoms with Crippen molar-refractivity contribution in [2.24, 2.45) is 5.41 Å². The van der Waals surface area contributed by atoms with Crippen molar-refractivity contribution in [1.82, 2.24) is 15.2 Å². The highest BCUT2D eigenvalue weighted by Crippen LogP contribution is 2.37. The van der Waals surface area contributed by atoms with Gasteiger partial charge in [0.2, 0.25) is 0 Å². The van der Waals surface area contributed by atoms with Crippen LogP contribution in [0.15, 0.2) is 23.6 Å². The average Bonchev–Trinajstić information content (AvgIpc) is 3.28. The predicted molar refractivity (Wildman–Crippen MR) is 110 cm³/mol. The third kappa shape index (κ3) is 3.87. The second kappa shape index (κ2) is 8.03. The van der Waals surface area contributed by atoms with E-state index in [0.29, 0.717) is 21.2 Å². The first-order valence-electron chi connectivity index (χ1n) is 8.47. The average molecular weight is 433 g/mol. The maximum Gasteiger partial charge on any atom is 0.273 e. The van der Waals surface area contributed by atoms with Crippen LogP contribution in [0.1, 0.15) is 29.8 Å². The van der Waals surface area contributed by atoms with Gasteiger partial charge in [-0.15, -0.1) is 23.7 Å². The van der Waals surface area contributed by atoms with Crippen molar-refractivity contribution in [1.29, 1.82) is 0 Å². The van der Waals surface area contributed by atoms with Gasteiger partial charge in [0.15, 0.2) is 0 Å². The molecule has 2 saturated heterocycles. The van der Waals surface area contributed by atoms with Gasteiger partial charge in [-0.3, -0.25) is 4.79 Å². The van der Waals surface area contributed by atoms with Crippen LogP contribution in [0.3, 0.4) is 0 Å². The number of halogens is 3. The van der Waals surface area contributed by atoms with E-state index in [4.69, 9.17) is 23.2 Å². The minimum Gasteiger partial charge on any atom is -0.337 e. The van der Waals surface area contributed by atoms with Crippen LogP contribution < -0.4 is 5.32 Å². The Balaban J connectivity index is 0.00000196. The summed E-state index contributed by atoms with van der Waals surface area (Å²) in [5.74, 6) is 0.0309. The SMILES string of the molecule is Cl.O=C(c1csc(-c2ccc(Cl)c(Cl)c2)n1)N1CCC2(CCNC2)CC1. The van der Waals surface area contributed by atoms with Gasteiger partial charge in [-0.2, -0.15) is 0 Å². The maximum absolute atomic E-state index is 12.8. The van der Waals surface area contributed by atoms with Crippen molar-refractivity contribution in [3.8, 4) is 10.6 Å². The molecule has 3 heterocycles. The zero-order valence-electron chi connectivity index (χ0n) is 14.1. The Morgan fingerprint density at radius 1 is 1.19 bits per heavy atom. The van der Waals surface area contributed by atoms with Crippen molar-refractivity contribution in [3.05, 3.63) is 39.3 Å².